The van der Waals surface area contributed by atoms with E-state index in [9.17, 15) is 8.42 Å². The molecule has 0 spiro atoms. The molecule has 5 nitrogen and oxygen atoms in total. The van der Waals surface area contributed by atoms with Gasteiger partial charge < -0.3 is 9.31 Å². The van der Waals surface area contributed by atoms with Gasteiger partial charge in [0.25, 0.3) is 0 Å². The largest absolute Gasteiger partial charge is 0.496 e. The van der Waals surface area contributed by atoms with Crippen molar-refractivity contribution >= 4 is 22.4 Å². The van der Waals surface area contributed by atoms with Crippen molar-refractivity contribution < 1.29 is 17.7 Å². The molecule has 0 bridgehead atoms. The Hall–Kier alpha value is -0.915. The van der Waals surface area contributed by atoms with Crippen molar-refractivity contribution in [1.29, 1.82) is 0 Å². The summed E-state index contributed by atoms with van der Waals surface area (Å²) >= 11 is 0. The molecule has 20 heavy (non-hydrogen) atoms. The van der Waals surface area contributed by atoms with Crippen LogP contribution in [0.1, 0.15) is 33.3 Å². The lowest BCUT2D eigenvalue weighted by Gasteiger charge is -2.32. The number of nitrogens with zero attached hydrogens (tertiary/aromatic N) is 1. The first-order chi connectivity index (χ1) is 9.00. The molecule has 1 saturated heterocycles. The van der Waals surface area contributed by atoms with Crippen molar-refractivity contribution in [3.63, 3.8) is 0 Å². The Kier molecular flexibility index (Phi) is 3.73. The van der Waals surface area contributed by atoms with Gasteiger partial charge in [-0.3, -0.25) is 4.98 Å². The average Bonchev–Trinajstić information content (AvgIpc) is 2.46. The van der Waals surface area contributed by atoms with Crippen molar-refractivity contribution in [1.82, 2.24) is 4.98 Å². The molecule has 1 aliphatic heterocycles. The number of sulfone groups is 1. The molecule has 0 atom stereocenters. The fourth-order valence-corrected chi connectivity index (χ4v) is 2.76. The second-order valence-corrected chi connectivity index (χ2v) is 8.43. The quantitative estimate of drug-likeness (QED) is 0.776. The molecule has 0 N–H and O–H groups in total. The van der Waals surface area contributed by atoms with E-state index in [-0.39, 0.29) is 5.75 Å². The SMILES string of the molecule is CC1(C)OB(c2cncc(CS(C)(=O)=O)c2)OC1(C)C. The second-order valence-electron chi connectivity index (χ2n) is 6.28. The molecular formula is C13H20BNO4S. The van der Waals surface area contributed by atoms with Gasteiger partial charge in [-0.05, 0) is 33.3 Å². The summed E-state index contributed by atoms with van der Waals surface area (Å²) in [5, 5.41) is 0. The topological polar surface area (TPSA) is 65.5 Å². The van der Waals surface area contributed by atoms with Crippen LogP contribution in [-0.4, -0.2) is 38.0 Å². The van der Waals surface area contributed by atoms with Gasteiger partial charge >= 0.3 is 7.12 Å². The minimum atomic E-state index is -3.08. The van der Waals surface area contributed by atoms with E-state index >= 15 is 0 Å². The molecule has 0 aliphatic carbocycles. The maximum atomic E-state index is 11.3. The Bertz CT molecular complexity index is 597. The van der Waals surface area contributed by atoms with Crippen molar-refractivity contribution in [3.05, 3.63) is 24.0 Å². The predicted molar refractivity (Wildman–Crippen MR) is 78.5 cm³/mol. The Labute approximate surface area is 120 Å². The summed E-state index contributed by atoms with van der Waals surface area (Å²) in [6, 6.07) is 1.77. The predicted octanol–water partition coefficient (Wildman–Crippen LogP) is 0.925. The van der Waals surface area contributed by atoms with Crippen molar-refractivity contribution in [2.75, 3.05) is 6.26 Å². The van der Waals surface area contributed by atoms with Crippen LogP contribution in [0.15, 0.2) is 18.5 Å². The summed E-state index contributed by atoms with van der Waals surface area (Å²) < 4.78 is 34.5. The number of pyridine rings is 1. The van der Waals surface area contributed by atoms with E-state index in [1.807, 2.05) is 27.7 Å². The zero-order valence-electron chi connectivity index (χ0n) is 12.5. The van der Waals surface area contributed by atoms with Crippen LogP contribution in [0, 0.1) is 0 Å². The van der Waals surface area contributed by atoms with E-state index < -0.39 is 28.2 Å². The van der Waals surface area contributed by atoms with Gasteiger partial charge in [-0.1, -0.05) is 6.07 Å². The fourth-order valence-electron chi connectivity index (χ4n) is 2.00. The van der Waals surface area contributed by atoms with Gasteiger partial charge in [0.15, 0.2) is 9.84 Å². The molecule has 7 heteroatoms. The monoisotopic (exact) mass is 297 g/mol. The Balaban J connectivity index is 2.25. The maximum absolute atomic E-state index is 11.3. The van der Waals surface area contributed by atoms with Crippen molar-refractivity contribution in [2.45, 2.75) is 44.6 Å². The van der Waals surface area contributed by atoms with Gasteiger partial charge in [-0.2, -0.15) is 0 Å². The average molecular weight is 297 g/mol. The highest BCUT2D eigenvalue weighted by molar-refractivity contribution is 7.89. The summed E-state index contributed by atoms with van der Waals surface area (Å²) in [6.07, 6.45) is 4.40. The summed E-state index contributed by atoms with van der Waals surface area (Å²) in [5.41, 5.74) is 0.527. The highest BCUT2D eigenvalue weighted by Gasteiger charge is 2.51. The zero-order chi connectivity index (χ0) is 15.2. The standard InChI is InChI=1S/C13H20BNO4S/c1-12(2)13(3,4)19-14(18-12)11-6-10(7-15-8-11)9-20(5,16)17/h6-8H,9H2,1-5H3. The molecule has 1 aromatic rings. The van der Waals surface area contributed by atoms with Gasteiger partial charge in [-0.15, -0.1) is 0 Å². The lowest BCUT2D eigenvalue weighted by atomic mass is 9.80. The number of rotatable bonds is 3. The molecule has 0 aromatic carbocycles. The van der Waals surface area contributed by atoms with Crippen LogP contribution in [0.5, 0.6) is 0 Å². The van der Waals surface area contributed by atoms with Crippen LogP contribution in [0.4, 0.5) is 0 Å². The molecule has 2 rings (SSSR count). The maximum Gasteiger partial charge on any atom is 0.496 e. The third-order valence-electron chi connectivity index (χ3n) is 3.77. The van der Waals surface area contributed by atoms with Gasteiger partial charge in [0, 0.05) is 24.1 Å². The van der Waals surface area contributed by atoms with E-state index in [4.69, 9.17) is 9.31 Å². The zero-order valence-corrected chi connectivity index (χ0v) is 13.3. The van der Waals surface area contributed by atoms with Gasteiger partial charge in [-0.25, -0.2) is 8.42 Å². The summed E-state index contributed by atoms with van der Waals surface area (Å²) in [7, 11) is -3.61. The summed E-state index contributed by atoms with van der Waals surface area (Å²) in [5.74, 6) is -0.0344. The highest BCUT2D eigenvalue weighted by atomic mass is 32.2. The van der Waals surface area contributed by atoms with Crippen molar-refractivity contribution in [2.24, 2.45) is 0 Å². The molecule has 0 unspecified atom stereocenters. The van der Waals surface area contributed by atoms with Crippen LogP contribution in [0.3, 0.4) is 0 Å². The van der Waals surface area contributed by atoms with Gasteiger partial charge in [0.2, 0.25) is 0 Å². The molecule has 110 valence electrons. The van der Waals surface area contributed by atoms with E-state index in [2.05, 4.69) is 4.98 Å². The molecule has 1 fully saturated rings. The Morgan fingerprint density at radius 3 is 2.20 bits per heavy atom. The van der Waals surface area contributed by atoms with E-state index in [1.165, 1.54) is 6.26 Å². The van der Waals surface area contributed by atoms with Crippen LogP contribution < -0.4 is 5.46 Å². The normalized spacial score (nSPS) is 21.1. The molecular weight excluding hydrogens is 277 g/mol. The van der Waals surface area contributed by atoms with Crippen LogP contribution >= 0.6 is 0 Å². The summed E-state index contributed by atoms with van der Waals surface area (Å²) in [6.45, 7) is 7.89. The molecule has 1 aromatic heterocycles. The smallest absolute Gasteiger partial charge is 0.399 e. The highest BCUT2D eigenvalue weighted by Crippen LogP contribution is 2.36. The first kappa shape index (κ1) is 15.5. The minimum Gasteiger partial charge on any atom is -0.399 e. The molecule has 0 radical (unpaired) electrons. The Morgan fingerprint density at radius 2 is 1.70 bits per heavy atom. The minimum absolute atomic E-state index is 0.0344. The van der Waals surface area contributed by atoms with E-state index in [0.717, 1.165) is 5.46 Å². The molecule has 1 aliphatic rings. The molecule has 0 amide bonds. The number of hydrogen-bond donors (Lipinski definition) is 0. The van der Waals surface area contributed by atoms with E-state index in [1.54, 1.807) is 18.5 Å². The second kappa shape index (κ2) is 4.82. The molecule has 0 saturated carbocycles. The first-order valence-electron chi connectivity index (χ1n) is 6.47. The van der Waals surface area contributed by atoms with Crippen LogP contribution in [-0.2, 0) is 24.9 Å². The van der Waals surface area contributed by atoms with Crippen LogP contribution in [0.2, 0.25) is 0 Å². The van der Waals surface area contributed by atoms with Gasteiger partial charge in [0.05, 0.1) is 17.0 Å². The van der Waals surface area contributed by atoms with Crippen LogP contribution in [0.25, 0.3) is 0 Å². The van der Waals surface area contributed by atoms with E-state index in [0.29, 0.717) is 5.56 Å². The number of hydrogen-bond acceptors (Lipinski definition) is 5. The van der Waals surface area contributed by atoms with Crippen molar-refractivity contribution in [3.8, 4) is 0 Å². The Morgan fingerprint density at radius 1 is 1.15 bits per heavy atom. The fraction of sp³-hybridized carbons (Fsp3) is 0.615. The molecule has 2 heterocycles. The summed E-state index contributed by atoms with van der Waals surface area (Å²) in [4.78, 5) is 4.08. The first-order valence-corrected chi connectivity index (χ1v) is 8.53. The third kappa shape index (κ3) is 3.21. The lowest BCUT2D eigenvalue weighted by Crippen LogP contribution is -2.41. The number of aromatic nitrogens is 1. The third-order valence-corrected chi connectivity index (χ3v) is 4.63. The van der Waals surface area contributed by atoms with Gasteiger partial charge in [0.1, 0.15) is 0 Å². The lowest BCUT2D eigenvalue weighted by molar-refractivity contribution is 0.00578.